The number of carbonyl (C=O) groups is 3. The van der Waals surface area contributed by atoms with E-state index in [1.807, 2.05) is 0 Å². The van der Waals surface area contributed by atoms with Crippen molar-refractivity contribution in [3.63, 3.8) is 0 Å². The Morgan fingerprint density at radius 3 is 2.19 bits per heavy atom. The van der Waals surface area contributed by atoms with E-state index >= 15 is 0 Å². The summed E-state index contributed by atoms with van der Waals surface area (Å²) >= 11 is 0. The van der Waals surface area contributed by atoms with Gasteiger partial charge in [0.25, 0.3) is 11.8 Å². The highest BCUT2D eigenvalue weighted by molar-refractivity contribution is 6.39. The van der Waals surface area contributed by atoms with Gasteiger partial charge in [0, 0.05) is 0 Å². The fourth-order valence-corrected chi connectivity index (χ4v) is 2.86. The number of rotatable bonds is 3. The second kappa shape index (κ2) is 6.95. The van der Waals surface area contributed by atoms with Crippen LogP contribution in [0.2, 0.25) is 0 Å². The molecule has 0 spiro atoms. The van der Waals surface area contributed by atoms with E-state index in [-0.39, 0.29) is 11.3 Å². The largest absolute Gasteiger partial charge is 0.507 e. The number of phenolic OH excluding ortho intramolecular Hbond substituents is 1. The van der Waals surface area contributed by atoms with Gasteiger partial charge in [0.15, 0.2) is 0 Å². The summed E-state index contributed by atoms with van der Waals surface area (Å²) in [5.41, 5.74) is 1.96. The lowest BCUT2D eigenvalue weighted by Gasteiger charge is -2.26. The highest BCUT2D eigenvalue weighted by atomic mass is 16.5. The Hall–Kier alpha value is -3.61. The molecule has 0 radical (unpaired) electrons. The van der Waals surface area contributed by atoms with E-state index in [4.69, 9.17) is 4.74 Å². The number of nitrogens with zero attached hydrogens (tertiary/aromatic N) is 1. The number of barbiturate groups is 1. The molecule has 3 rings (SSSR count). The molecule has 1 aliphatic heterocycles. The number of aryl methyl sites for hydroxylation is 2. The lowest BCUT2D eigenvalue weighted by molar-refractivity contribution is -0.122. The second-order valence-corrected chi connectivity index (χ2v) is 6.16. The van der Waals surface area contributed by atoms with E-state index in [0.29, 0.717) is 28.1 Å². The molecule has 0 bridgehead atoms. The number of urea groups is 1. The Morgan fingerprint density at radius 1 is 1.04 bits per heavy atom. The van der Waals surface area contributed by atoms with Gasteiger partial charge in [-0.05, 0) is 73.0 Å². The lowest BCUT2D eigenvalue weighted by atomic mass is 10.0. The minimum atomic E-state index is -0.814. The van der Waals surface area contributed by atoms with Gasteiger partial charge >= 0.3 is 6.03 Å². The maximum absolute atomic E-state index is 12.8. The average molecular weight is 366 g/mol. The number of amides is 4. The zero-order valence-electron chi connectivity index (χ0n) is 15.1. The molecule has 2 aromatic rings. The first-order valence-corrected chi connectivity index (χ1v) is 8.17. The lowest BCUT2D eigenvalue weighted by Crippen LogP contribution is -2.54. The van der Waals surface area contributed by atoms with Gasteiger partial charge in [0.05, 0.1) is 12.8 Å². The van der Waals surface area contributed by atoms with Gasteiger partial charge in [-0.3, -0.25) is 14.9 Å². The first-order chi connectivity index (χ1) is 12.8. The molecule has 2 aromatic carbocycles. The van der Waals surface area contributed by atoms with Crippen molar-refractivity contribution in [2.24, 2.45) is 0 Å². The van der Waals surface area contributed by atoms with Crippen LogP contribution in [0.5, 0.6) is 11.5 Å². The second-order valence-electron chi connectivity index (χ2n) is 6.16. The standard InChI is InChI=1S/C20H18N2O5/c1-11-8-13(9-12(2)17(11)23)10-16-18(24)21-20(26)22(19(16)25)14-4-6-15(27-3)7-5-14/h4-10,23H,1-3H3,(H,21,24,26)/b16-10+. The molecule has 27 heavy (non-hydrogen) atoms. The van der Waals surface area contributed by atoms with Crippen molar-refractivity contribution in [2.75, 3.05) is 12.0 Å². The van der Waals surface area contributed by atoms with Gasteiger partial charge in [-0.2, -0.15) is 0 Å². The molecule has 1 aliphatic rings. The van der Waals surface area contributed by atoms with Crippen LogP contribution in [0, 0.1) is 13.8 Å². The number of hydrogen-bond donors (Lipinski definition) is 2. The van der Waals surface area contributed by atoms with Gasteiger partial charge in [-0.1, -0.05) is 0 Å². The van der Waals surface area contributed by atoms with E-state index in [9.17, 15) is 19.5 Å². The van der Waals surface area contributed by atoms with Crippen LogP contribution in [0.4, 0.5) is 10.5 Å². The number of methoxy groups -OCH3 is 1. The molecule has 1 saturated heterocycles. The van der Waals surface area contributed by atoms with Crippen LogP contribution in [-0.2, 0) is 9.59 Å². The predicted molar refractivity (Wildman–Crippen MR) is 99.6 cm³/mol. The Kier molecular flexibility index (Phi) is 4.68. The molecule has 2 N–H and O–H groups in total. The zero-order chi connectivity index (χ0) is 19.7. The minimum Gasteiger partial charge on any atom is -0.507 e. The number of phenols is 1. The van der Waals surface area contributed by atoms with E-state index in [0.717, 1.165) is 4.90 Å². The average Bonchev–Trinajstić information content (AvgIpc) is 2.63. The first-order valence-electron chi connectivity index (χ1n) is 8.17. The number of imide groups is 2. The van der Waals surface area contributed by atoms with Gasteiger partial charge in [-0.15, -0.1) is 0 Å². The van der Waals surface area contributed by atoms with Crippen molar-refractivity contribution in [3.05, 3.63) is 58.7 Å². The predicted octanol–water partition coefficient (Wildman–Crippen LogP) is 2.68. The van der Waals surface area contributed by atoms with Crippen molar-refractivity contribution in [3.8, 4) is 11.5 Å². The van der Waals surface area contributed by atoms with Gasteiger partial charge < -0.3 is 9.84 Å². The van der Waals surface area contributed by atoms with Crippen molar-refractivity contribution in [2.45, 2.75) is 13.8 Å². The molecule has 0 aromatic heterocycles. The zero-order valence-corrected chi connectivity index (χ0v) is 15.1. The van der Waals surface area contributed by atoms with Crippen molar-refractivity contribution < 1.29 is 24.2 Å². The Bertz CT molecular complexity index is 953. The summed E-state index contributed by atoms with van der Waals surface area (Å²) in [6, 6.07) is 8.83. The summed E-state index contributed by atoms with van der Waals surface area (Å²) in [6.45, 7) is 3.45. The monoisotopic (exact) mass is 366 g/mol. The maximum Gasteiger partial charge on any atom is 0.335 e. The highest BCUT2D eigenvalue weighted by Gasteiger charge is 2.36. The number of benzene rings is 2. The number of aromatic hydroxyl groups is 1. The van der Waals surface area contributed by atoms with Crippen LogP contribution < -0.4 is 15.0 Å². The summed E-state index contributed by atoms with van der Waals surface area (Å²) < 4.78 is 5.07. The molecule has 7 nitrogen and oxygen atoms in total. The molecule has 0 atom stereocenters. The quantitative estimate of drug-likeness (QED) is 0.643. The van der Waals surface area contributed by atoms with Crippen LogP contribution in [0.25, 0.3) is 6.08 Å². The normalized spacial score (nSPS) is 15.9. The number of carbonyl (C=O) groups excluding carboxylic acids is 3. The minimum absolute atomic E-state index is 0.159. The third kappa shape index (κ3) is 3.39. The molecular weight excluding hydrogens is 348 g/mol. The van der Waals surface area contributed by atoms with Crippen LogP contribution in [-0.4, -0.2) is 30.1 Å². The Balaban J connectivity index is 2.01. The molecular formula is C20H18N2O5. The molecule has 1 fully saturated rings. The van der Waals surface area contributed by atoms with Gasteiger partial charge in [-0.25, -0.2) is 9.69 Å². The molecule has 1 heterocycles. The summed E-state index contributed by atoms with van der Waals surface area (Å²) in [5.74, 6) is -0.757. The number of anilines is 1. The first kappa shape index (κ1) is 18.2. The van der Waals surface area contributed by atoms with Crippen molar-refractivity contribution in [1.29, 1.82) is 0 Å². The van der Waals surface area contributed by atoms with Crippen LogP contribution in [0.1, 0.15) is 16.7 Å². The summed E-state index contributed by atoms with van der Waals surface area (Å²) in [6.07, 6.45) is 1.40. The molecule has 0 saturated carbocycles. The molecule has 4 amide bonds. The highest BCUT2D eigenvalue weighted by Crippen LogP contribution is 2.27. The fourth-order valence-electron chi connectivity index (χ4n) is 2.86. The molecule has 0 unspecified atom stereocenters. The van der Waals surface area contributed by atoms with Crippen molar-refractivity contribution >= 4 is 29.6 Å². The Labute approximate surface area is 155 Å². The third-order valence-electron chi connectivity index (χ3n) is 4.26. The van der Waals surface area contributed by atoms with Crippen LogP contribution in [0.15, 0.2) is 42.0 Å². The summed E-state index contributed by atoms with van der Waals surface area (Å²) in [5, 5.41) is 12.1. The van der Waals surface area contributed by atoms with E-state index < -0.39 is 17.8 Å². The van der Waals surface area contributed by atoms with Gasteiger partial charge in [0.2, 0.25) is 0 Å². The number of ether oxygens (including phenoxy) is 1. The van der Waals surface area contributed by atoms with E-state index in [2.05, 4.69) is 5.32 Å². The Morgan fingerprint density at radius 2 is 1.63 bits per heavy atom. The molecule has 7 heteroatoms. The van der Waals surface area contributed by atoms with E-state index in [1.165, 1.54) is 13.2 Å². The SMILES string of the molecule is COc1ccc(N2C(=O)NC(=O)/C(=C\c3cc(C)c(O)c(C)c3)C2=O)cc1. The number of hydrogen-bond acceptors (Lipinski definition) is 5. The topological polar surface area (TPSA) is 95.9 Å². The van der Waals surface area contributed by atoms with Crippen LogP contribution in [0.3, 0.4) is 0 Å². The molecule has 138 valence electrons. The van der Waals surface area contributed by atoms with Crippen molar-refractivity contribution in [1.82, 2.24) is 5.32 Å². The summed E-state index contributed by atoms with van der Waals surface area (Å²) in [7, 11) is 1.51. The maximum atomic E-state index is 12.8. The fraction of sp³-hybridized carbons (Fsp3) is 0.150. The summed E-state index contributed by atoms with van der Waals surface area (Å²) in [4.78, 5) is 38.2. The van der Waals surface area contributed by atoms with Gasteiger partial charge in [0.1, 0.15) is 17.1 Å². The third-order valence-corrected chi connectivity index (χ3v) is 4.26. The molecule has 0 aliphatic carbocycles. The van der Waals surface area contributed by atoms with Crippen LogP contribution >= 0.6 is 0 Å². The number of nitrogens with one attached hydrogen (secondary N) is 1. The van der Waals surface area contributed by atoms with E-state index in [1.54, 1.807) is 50.2 Å². The smallest absolute Gasteiger partial charge is 0.335 e.